The van der Waals surface area contributed by atoms with Crippen molar-refractivity contribution in [1.82, 2.24) is 10.3 Å². The van der Waals surface area contributed by atoms with Gasteiger partial charge in [-0.25, -0.2) is 0 Å². The molecule has 0 aliphatic heterocycles. The second kappa shape index (κ2) is 5.65. The maximum atomic E-state index is 5.36. The first-order valence-electron chi connectivity index (χ1n) is 5.98. The molecular weight excluding hydrogens is 224 g/mol. The van der Waals surface area contributed by atoms with Gasteiger partial charge in [0.1, 0.15) is 5.75 Å². The molecule has 0 amide bonds. The number of aromatic nitrogens is 1. The Balaban J connectivity index is 2.47. The highest BCUT2D eigenvalue weighted by Gasteiger charge is 2.07. The van der Waals surface area contributed by atoms with Gasteiger partial charge < -0.3 is 10.1 Å². The van der Waals surface area contributed by atoms with Crippen molar-refractivity contribution in [3.05, 3.63) is 47.8 Å². The average molecular weight is 242 g/mol. The van der Waals surface area contributed by atoms with E-state index in [0.717, 1.165) is 23.4 Å². The predicted octanol–water partition coefficient (Wildman–Crippen LogP) is 2.79. The molecule has 0 unspecified atom stereocenters. The van der Waals surface area contributed by atoms with E-state index in [2.05, 4.69) is 29.4 Å². The second-order valence-corrected chi connectivity index (χ2v) is 4.25. The summed E-state index contributed by atoms with van der Waals surface area (Å²) in [7, 11) is 3.63. The molecule has 1 aromatic heterocycles. The summed E-state index contributed by atoms with van der Waals surface area (Å²) >= 11 is 0. The molecule has 0 saturated heterocycles. The summed E-state index contributed by atoms with van der Waals surface area (Å²) < 4.78 is 5.36. The number of methoxy groups -OCH3 is 1. The van der Waals surface area contributed by atoms with Gasteiger partial charge in [-0.1, -0.05) is 6.07 Å². The van der Waals surface area contributed by atoms with Crippen LogP contribution in [0.2, 0.25) is 0 Å². The lowest BCUT2D eigenvalue weighted by Crippen LogP contribution is -2.06. The molecular formula is C15H18N2O. The van der Waals surface area contributed by atoms with Crippen LogP contribution in [-0.4, -0.2) is 19.1 Å². The van der Waals surface area contributed by atoms with Crippen LogP contribution in [-0.2, 0) is 6.54 Å². The van der Waals surface area contributed by atoms with Crippen molar-refractivity contribution in [2.45, 2.75) is 13.5 Å². The Morgan fingerprint density at radius 1 is 1.28 bits per heavy atom. The highest BCUT2D eigenvalue weighted by atomic mass is 16.5. The number of rotatable bonds is 4. The van der Waals surface area contributed by atoms with Gasteiger partial charge in [0.25, 0.3) is 0 Å². The van der Waals surface area contributed by atoms with Crippen LogP contribution < -0.4 is 10.1 Å². The third-order valence-corrected chi connectivity index (χ3v) is 3.00. The van der Waals surface area contributed by atoms with Gasteiger partial charge in [-0.3, -0.25) is 4.98 Å². The summed E-state index contributed by atoms with van der Waals surface area (Å²) in [5.41, 5.74) is 4.72. The van der Waals surface area contributed by atoms with Crippen LogP contribution >= 0.6 is 0 Å². The van der Waals surface area contributed by atoms with E-state index in [1.54, 1.807) is 7.11 Å². The maximum Gasteiger partial charge on any atom is 0.123 e. The number of nitrogens with one attached hydrogen (secondary N) is 1. The first-order valence-corrected chi connectivity index (χ1v) is 5.98. The van der Waals surface area contributed by atoms with E-state index in [1.807, 2.05) is 31.6 Å². The van der Waals surface area contributed by atoms with Crippen molar-refractivity contribution in [2.75, 3.05) is 14.2 Å². The van der Waals surface area contributed by atoms with Gasteiger partial charge in [-0.05, 0) is 43.3 Å². The molecule has 0 fully saturated rings. The molecule has 18 heavy (non-hydrogen) atoms. The van der Waals surface area contributed by atoms with E-state index in [4.69, 9.17) is 4.74 Å². The van der Waals surface area contributed by atoms with Gasteiger partial charge in [0.2, 0.25) is 0 Å². The minimum absolute atomic E-state index is 0.788. The molecule has 0 aliphatic rings. The zero-order valence-electron chi connectivity index (χ0n) is 11.0. The van der Waals surface area contributed by atoms with Crippen LogP contribution in [0.15, 0.2) is 36.7 Å². The second-order valence-electron chi connectivity index (χ2n) is 4.25. The average Bonchev–Trinajstić information content (AvgIpc) is 2.40. The summed E-state index contributed by atoms with van der Waals surface area (Å²) in [5.74, 6) is 0.912. The van der Waals surface area contributed by atoms with Gasteiger partial charge >= 0.3 is 0 Å². The van der Waals surface area contributed by atoms with Crippen LogP contribution in [0.1, 0.15) is 11.1 Å². The zero-order valence-corrected chi connectivity index (χ0v) is 11.0. The molecule has 1 aromatic carbocycles. The SMILES string of the molecule is CNCc1cc(-c2cnccc2C)ccc1OC. The Kier molecular flexibility index (Phi) is 3.95. The summed E-state index contributed by atoms with van der Waals surface area (Å²) in [4.78, 5) is 4.19. The number of benzene rings is 1. The van der Waals surface area contributed by atoms with E-state index in [9.17, 15) is 0 Å². The predicted molar refractivity (Wildman–Crippen MR) is 73.7 cm³/mol. The van der Waals surface area contributed by atoms with Gasteiger partial charge in [0, 0.05) is 30.1 Å². The summed E-state index contributed by atoms with van der Waals surface area (Å²) in [6.45, 7) is 2.88. The highest BCUT2D eigenvalue weighted by Crippen LogP contribution is 2.28. The molecule has 0 radical (unpaired) electrons. The molecule has 0 bridgehead atoms. The van der Waals surface area contributed by atoms with Crippen molar-refractivity contribution < 1.29 is 4.74 Å². The molecule has 2 rings (SSSR count). The van der Waals surface area contributed by atoms with Crippen LogP contribution in [0.25, 0.3) is 11.1 Å². The summed E-state index contributed by atoms with van der Waals surface area (Å²) in [6, 6.07) is 8.26. The lowest BCUT2D eigenvalue weighted by Gasteiger charge is -2.11. The first-order chi connectivity index (χ1) is 8.76. The summed E-state index contributed by atoms with van der Waals surface area (Å²) in [5, 5.41) is 3.16. The highest BCUT2D eigenvalue weighted by molar-refractivity contribution is 5.68. The Hall–Kier alpha value is -1.87. The number of pyridine rings is 1. The fraction of sp³-hybridized carbons (Fsp3) is 0.267. The molecule has 3 heteroatoms. The number of aryl methyl sites for hydroxylation is 1. The molecule has 0 spiro atoms. The normalized spacial score (nSPS) is 10.4. The molecule has 0 saturated carbocycles. The third kappa shape index (κ3) is 2.51. The first kappa shape index (κ1) is 12.6. The van der Waals surface area contributed by atoms with Crippen LogP contribution in [0.3, 0.4) is 0 Å². The lowest BCUT2D eigenvalue weighted by molar-refractivity contribution is 0.408. The monoisotopic (exact) mass is 242 g/mol. The minimum atomic E-state index is 0.788. The molecule has 94 valence electrons. The Morgan fingerprint density at radius 3 is 2.78 bits per heavy atom. The van der Waals surface area contributed by atoms with Gasteiger partial charge in [-0.2, -0.15) is 0 Å². The fourth-order valence-electron chi connectivity index (χ4n) is 2.04. The number of hydrogen-bond acceptors (Lipinski definition) is 3. The number of ether oxygens (including phenoxy) is 1. The van der Waals surface area contributed by atoms with Crippen LogP contribution in [0.5, 0.6) is 5.75 Å². The summed E-state index contributed by atoms with van der Waals surface area (Å²) in [6.07, 6.45) is 3.72. The van der Waals surface area contributed by atoms with Gasteiger partial charge in [0.05, 0.1) is 7.11 Å². The van der Waals surface area contributed by atoms with Gasteiger partial charge in [0.15, 0.2) is 0 Å². The van der Waals surface area contributed by atoms with E-state index >= 15 is 0 Å². The maximum absolute atomic E-state index is 5.36. The van der Waals surface area contributed by atoms with Crippen LogP contribution in [0.4, 0.5) is 0 Å². The molecule has 2 aromatic rings. The topological polar surface area (TPSA) is 34.2 Å². The molecule has 0 atom stereocenters. The van der Waals surface area contributed by atoms with E-state index in [1.165, 1.54) is 11.1 Å². The zero-order chi connectivity index (χ0) is 13.0. The molecule has 1 N–H and O–H groups in total. The molecule has 0 aliphatic carbocycles. The quantitative estimate of drug-likeness (QED) is 0.895. The largest absolute Gasteiger partial charge is 0.496 e. The third-order valence-electron chi connectivity index (χ3n) is 3.00. The Bertz CT molecular complexity index is 538. The van der Waals surface area contributed by atoms with Crippen molar-refractivity contribution in [2.24, 2.45) is 0 Å². The number of hydrogen-bond donors (Lipinski definition) is 1. The van der Waals surface area contributed by atoms with E-state index in [0.29, 0.717) is 0 Å². The lowest BCUT2D eigenvalue weighted by atomic mass is 10.0. The minimum Gasteiger partial charge on any atom is -0.496 e. The van der Waals surface area contributed by atoms with Crippen molar-refractivity contribution in [3.63, 3.8) is 0 Å². The van der Waals surface area contributed by atoms with E-state index in [-0.39, 0.29) is 0 Å². The van der Waals surface area contributed by atoms with E-state index < -0.39 is 0 Å². The molecule has 1 heterocycles. The number of nitrogens with zero attached hydrogens (tertiary/aromatic N) is 1. The van der Waals surface area contributed by atoms with Crippen molar-refractivity contribution in [3.8, 4) is 16.9 Å². The fourth-order valence-corrected chi connectivity index (χ4v) is 2.04. The Morgan fingerprint density at radius 2 is 2.11 bits per heavy atom. The smallest absolute Gasteiger partial charge is 0.123 e. The molecule has 3 nitrogen and oxygen atoms in total. The van der Waals surface area contributed by atoms with Crippen molar-refractivity contribution >= 4 is 0 Å². The Labute approximate surface area is 108 Å². The van der Waals surface area contributed by atoms with Crippen LogP contribution in [0, 0.1) is 6.92 Å². The van der Waals surface area contributed by atoms with Gasteiger partial charge in [-0.15, -0.1) is 0 Å². The standard InChI is InChI=1S/C15H18N2O/c1-11-6-7-17-10-14(11)12-4-5-15(18-3)13(8-12)9-16-2/h4-8,10,16H,9H2,1-3H3. The van der Waals surface area contributed by atoms with Crippen molar-refractivity contribution in [1.29, 1.82) is 0 Å².